The van der Waals surface area contributed by atoms with E-state index in [4.69, 9.17) is 5.73 Å². The van der Waals surface area contributed by atoms with Gasteiger partial charge < -0.3 is 16.0 Å². The van der Waals surface area contributed by atoms with Crippen molar-refractivity contribution in [3.63, 3.8) is 0 Å². The number of anilines is 1. The number of halogens is 3. The molecule has 0 aliphatic carbocycles. The van der Waals surface area contributed by atoms with E-state index in [9.17, 15) is 27.6 Å². The van der Waals surface area contributed by atoms with E-state index in [1.165, 1.54) is 4.90 Å². The summed E-state index contributed by atoms with van der Waals surface area (Å²) in [5.41, 5.74) is 6.25. The number of primary amides is 1. The van der Waals surface area contributed by atoms with Crippen molar-refractivity contribution in [2.24, 2.45) is 5.73 Å². The minimum absolute atomic E-state index is 0.277. The van der Waals surface area contributed by atoms with E-state index in [0.29, 0.717) is 5.69 Å². The third kappa shape index (κ3) is 3.79. The SMILES string of the molecule is NC(=O)CC(=O)N1c2ccccc2C[C@@H]1CNC(=O)C(F)(F)F. The molecule has 3 N–H and O–H groups in total. The van der Waals surface area contributed by atoms with E-state index in [0.717, 1.165) is 5.56 Å². The van der Waals surface area contributed by atoms with Gasteiger partial charge in [0.15, 0.2) is 0 Å². The molecule has 0 fully saturated rings. The summed E-state index contributed by atoms with van der Waals surface area (Å²) in [7, 11) is 0. The van der Waals surface area contributed by atoms with Gasteiger partial charge in [-0.25, -0.2) is 0 Å². The number of nitrogens with two attached hydrogens (primary N) is 1. The van der Waals surface area contributed by atoms with Crippen LogP contribution in [0.2, 0.25) is 0 Å². The summed E-state index contributed by atoms with van der Waals surface area (Å²) in [5.74, 6) is -3.53. The normalized spacial score (nSPS) is 16.8. The van der Waals surface area contributed by atoms with Crippen LogP contribution in [0.1, 0.15) is 12.0 Å². The van der Waals surface area contributed by atoms with E-state index >= 15 is 0 Å². The van der Waals surface area contributed by atoms with Gasteiger partial charge >= 0.3 is 12.1 Å². The predicted octanol–water partition coefficient (Wildman–Crippen LogP) is 0.498. The summed E-state index contributed by atoms with van der Waals surface area (Å²) in [6, 6.07) is 6.04. The van der Waals surface area contributed by atoms with Gasteiger partial charge in [-0.3, -0.25) is 14.4 Å². The van der Waals surface area contributed by atoms with Crippen LogP contribution >= 0.6 is 0 Å². The summed E-state index contributed by atoms with van der Waals surface area (Å²) in [6.07, 6.45) is -5.27. The van der Waals surface area contributed by atoms with Crippen molar-refractivity contribution in [1.29, 1.82) is 0 Å². The Kier molecular flexibility index (Phi) is 4.57. The zero-order valence-corrected chi connectivity index (χ0v) is 11.9. The maximum Gasteiger partial charge on any atom is 0.471 e. The molecule has 0 saturated carbocycles. The molecule has 23 heavy (non-hydrogen) atoms. The Balaban J connectivity index is 2.17. The molecular weight excluding hydrogens is 315 g/mol. The lowest BCUT2D eigenvalue weighted by Gasteiger charge is -2.25. The van der Waals surface area contributed by atoms with Crippen LogP contribution < -0.4 is 16.0 Å². The lowest BCUT2D eigenvalue weighted by Crippen LogP contribution is -2.48. The Morgan fingerprint density at radius 2 is 1.91 bits per heavy atom. The minimum Gasteiger partial charge on any atom is -0.369 e. The maximum atomic E-state index is 12.3. The lowest BCUT2D eigenvalue weighted by atomic mass is 10.1. The molecule has 0 unspecified atom stereocenters. The Morgan fingerprint density at radius 3 is 2.52 bits per heavy atom. The van der Waals surface area contributed by atoms with Gasteiger partial charge in [-0.2, -0.15) is 13.2 Å². The van der Waals surface area contributed by atoms with E-state index in [2.05, 4.69) is 0 Å². The van der Waals surface area contributed by atoms with Crippen LogP contribution in [-0.2, 0) is 20.8 Å². The van der Waals surface area contributed by atoms with E-state index in [1.54, 1.807) is 29.6 Å². The fourth-order valence-electron chi connectivity index (χ4n) is 2.51. The Bertz CT molecular complexity index is 646. The third-order valence-electron chi connectivity index (χ3n) is 3.42. The molecule has 0 aromatic heterocycles. The topological polar surface area (TPSA) is 92.5 Å². The number of fused-ring (bicyclic) bond motifs is 1. The molecule has 9 heteroatoms. The highest BCUT2D eigenvalue weighted by atomic mass is 19.4. The van der Waals surface area contributed by atoms with Crippen LogP contribution in [-0.4, -0.2) is 36.5 Å². The Hall–Kier alpha value is -2.58. The lowest BCUT2D eigenvalue weighted by molar-refractivity contribution is -0.173. The highest BCUT2D eigenvalue weighted by molar-refractivity contribution is 6.06. The highest BCUT2D eigenvalue weighted by Crippen LogP contribution is 2.32. The van der Waals surface area contributed by atoms with E-state index in [-0.39, 0.29) is 13.0 Å². The molecule has 0 saturated heterocycles. The molecule has 3 amide bonds. The van der Waals surface area contributed by atoms with Gasteiger partial charge in [0.05, 0.1) is 6.04 Å². The summed E-state index contributed by atoms with van der Waals surface area (Å²) < 4.78 is 36.8. The average Bonchev–Trinajstić information content (AvgIpc) is 2.81. The van der Waals surface area contributed by atoms with Crippen molar-refractivity contribution in [3.05, 3.63) is 29.8 Å². The summed E-state index contributed by atoms with van der Waals surface area (Å²) in [5, 5.41) is 1.76. The predicted molar refractivity (Wildman–Crippen MR) is 74.3 cm³/mol. The quantitative estimate of drug-likeness (QED) is 0.788. The number of hydrogen-bond acceptors (Lipinski definition) is 3. The molecule has 0 radical (unpaired) electrons. The fourth-order valence-corrected chi connectivity index (χ4v) is 2.51. The second-order valence-corrected chi connectivity index (χ2v) is 5.10. The van der Waals surface area contributed by atoms with Crippen LogP contribution in [0, 0.1) is 0 Å². The van der Waals surface area contributed by atoms with Gasteiger partial charge in [-0.05, 0) is 18.1 Å². The second kappa shape index (κ2) is 6.27. The summed E-state index contributed by atoms with van der Waals surface area (Å²) in [6.45, 7) is -0.377. The van der Waals surface area contributed by atoms with E-state index < -0.39 is 36.4 Å². The monoisotopic (exact) mass is 329 g/mol. The number of amides is 3. The minimum atomic E-state index is -4.99. The van der Waals surface area contributed by atoms with Crippen LogP contribution in [0.4, 0.5) is 18.9 Å². The van der Waals surface area contributed by atoms with Crippen molar-refractivity contribution in [2.75, 3.05) is 11.4 Å². The number of hydrogen-bond donors (Lipinski definition) is 2. The van der Waals surface area contributed by atoms with Gasteiger partial charge in [-0.1, -0.05) is 18.2 Å². The standard InChI is InChI=1S/C14H14F3N3O3/c15-14(16,17)13(23)19-7-9-5-8-3-1-2-4-10(8)20(9)12(22)6-11(18)21/h1-4,9H,5-7H2,(H2,18,21)(H,19,23)/t9-/m1/s1. The smallest absolute Gasteiger partial charge is 0.369 e. The zero-order chi connectivity index (χ0) is 17.2. The third-order valence-corrected chi connectivity index (χ3v) is 3.42. The van der Waals surface area contributed by atoms with Crippen molar-refractivity contribution in [3.8, 4) is 0 Å². The van der Waals surface area contributed by atoms with E-state index in [1.807, 2.05) is 0 Å². The number of carbonyl (C=O) groups excluding carboxylic acids is 3. The van der Waals surface area contributed by atoms with Crippen molar-refractivity contribution in [1.82, 2.24) is 5.32 Å². The number of nitrogens with one attached hydrogen (secondary N) is 1. The molecule has 1 atom stereocenters. The van der Waals surface area contributed by atoms with Gasteiger partial charge in [0, 0.05) is 12.2 Å². The number of carbonyl (C=O) groups is 3. The molecule has 1 aromatic carbocycles. The van der Waals surface area contributed by atoms with Gasteiger partial charge in [0.25, 0.3) is 0 Å². The molecule has 124 valence electrons. The number of alkyl halides is 3. The Morgan fingerprint density at radius 1 is 1.26 bits per heavy atom. The highest BCUT2D eigenvalue weighted by Gasteiger charge is 2.40. The number of nitrogens with zero attached hydrogens (tertiary/aromatic N) is 1. The average molecular weight is 329 g/mol. The summed E-state index contributed by atoms with van der Waals surface area (Å²) >= 11 is 0. The first-order chi connectivity index (χ1) is 10.7. The molecule has 1 heterocycles. The van der Waals surface area contributed by atoms with Crippen LogP contribution in [0.3, 0.4) is 0 Å². The largest absolute Gasteiger partial charge is 0.471 e. The van der Waals surface area contributed by atoms with Crippen molar-refractivity contribution < 1.29 is 27.6 Å². The second-order valence-electron chi connectivity index (χ2n) is 5.10. The Labute approximate surface area is 129 Å². The first-order valence-electron chi connectivity index (χ1n) is 6.73. The van der Waals surface area contributed by atoms with Gasteiger partial charge in [-0.15, -0.1) is 0 Å². The first-order valence-corrected chi connectivity index (χ1v) is 6.73. The van der Waals surface area contributed by atoms with Gasteiger partial charge in [0.2, 0.25) is 11.8 Å². The van der Waals surface area contributed by atoms with Crippen molar-refractivity contribution in [2.45, 2.75) is 25.1 Å². The molecule has 6 nitrogen and oxygen atoms in total. The van der Waals surface area contributed by atoms with Crippen LogP contribution in [0.5, 0.6) is 0 Å². The molecule has 0 bridgehead atoms. The molecular formula is C14H14F3N3O3. The molecule has 1 aliphatic heterocycles. The number of benzene rings is 1. The first kappa shape index (κ1) is 16.8. The maximum absolute atomic E-state index is 12.3. The van der Waals surface area contributed by atoms with Crippen molar-refractivity contribution >= 4 is 23.4 Å². The summed E-state index contributed by atoms with van der Waals surface area (Å²) in [4.78, 5) is 35.3. The number of rotatable bonds is 4. The zero-order valence-electron chi connectivity index (χ0n) is 11.9. The molecule has 1 aliphatic rings. The molecule has 2 rings (SSSR count). The fraction of sp³-hybridized carbons (Fsp3) is 0.357. The van der Waals surface area contributed by atoms with Crippen LogP contribution in [0.25, 0.3) is 0 Å². The van der Waals surface area contributed by atoms with Gasteiger partial charge in [0.1, 0.15) is 6.42 Å². The van der Waals surface area contributed by atoms with Crippen LogP contribution in [0.15, 0.2) is 24.3 Å². The molecule has 0 spiro atoms. The number of para-hydroxylation sites is 1. The molecule has 1 aromatic rings.